The molecule has 2 aromatic carbocycles. The highest BCUT2D eigenvalue weighted by Crippen LogP contribution is 2.39. The van der Waals surface area contributed by atoms with E-state index in [1.165, 1.54) is 38.5 Å². The largest absolute Gasteiger partial charge is 0.493 e. The molecule has 0 aliphatic carbocycles. The third-order valence-electron chi connectivity index (χ3n) is 4.17. The molecule has 0 unspecified atom stereocenters. The fourth-order valence-electron chi connectivity index (χ4n) is 2.84. The Balaban J connectivity index is 1.93. The number of hydrogen-bond acceptors (Lipinski definition) is 5. The van der Waals surface area contributed by atoms with Gasteiger partial charge in [0.2, 0.25) is 0 Å². The van der Waals surface area contributed by atoms with Crippen molar-refractivity contribution in [2.24, 2.45) is 0 Å². The van der Waals surface area contributed by atoms with E-state index in [-0.39, 0.29) is 16.8 Å². The number of ketones is 1. The zero-order valence-electron chi connectivity index (χ0n) is 13.6. The second-order valence-electron chi connectivity index (χ2n) is 5.67. The summed E-state index contributed by atoms with van der Waals surface area (Å²) in [6, 6.07) is 8.09. The van der Waals surface area contributed by atoms with Gasteiger partial charge in [0.05, 0.1) is 20.6 Å². The van der Waals surface area contributed by atoms with Crippen LogP contribution in [0.15, 0.2) is 36.4 Å². The molecule has 0 fully saturated rings. The molecule has 1 aliphatic rings. The fourth-order valence-corrected chi connectivity index (χ4v) is 2.84. The predicted octanol–water partition coefficient (Wildman–Crippen LogP) is 2.26. The molecule has 0 spiro atoms. The second kappa shape index (κ2) is 6.18. The lowest BCUT2D eigenvalue weighted by Gasteiger charge is -2.20. The summed E-state index contributed by atoms with van der Waals surface area (Å²) in [6.45, 7) is 0. The summed E-state index contributed by atoms with van der Waals surface area (Å²) < 4.78 is 23.8. The van der Waals surface area contributed by atoms with Gasteiger partial charge < -0.3 is 19.9 Å². The van der Waals surface area contributed by atoms with Gasteiger partial charge in [0.1, 0.15) is 5.82 Å². The SMILES string of the molecule is COc1ccc(C(=O)C[C@@]2(O)C(=O)Nc3ccc(F)cc32)cc1OC. The Bertz CT molecular complexity index is 867. The van der Waals surface area contributed by atoms with Gasteiger partial charge in [-0.3, -0.25) is 9.59 Å². The Kier molecular flexibility index (Phi) is 4.18. The number of fused-ring (bicyclic) bond motifs is 1. The molecular formula is C18H16FNO5. The van der Waals surface area contributed by atoms with Crippen LogP contribution in [0, 0.1) is 5.82 Å². The third kappa shape index (κ3) is 2.83. The van der Waals surface area contributed by atoms with Gasteiger partial charge in [-0.05, 0) is 36.4 Å². The first-order valence-electron chi connectivity index (χ1n) is 7.48. The molecule has 1 amide bonds. The predicted molar refractivity (Wildman–Crippen MR) is 87.4 cm³/mol. The van der Waals surface area contributed by atoms with Gasteiger partial charge in [-0.25, -0.2) is 4.39 Å². The van der Waals surface area contributed by atoms with Crippen molar-refractivity contribution in [1.29, 1.82) is 0 Å². The van der Waals surface area contributed by atoms with Crippen molar-refractivity contribution >= 4 is 17.4 Å². The molecule has 2 aromatic rings. The maximum absolute atomic E-state index is 13.5. The summed E-state index contributed by atoms with van der Waals surface area (Å²) in [5.41, 5.74) is -1.55. The second-order valence-corrected chi connectivity index (χ2v) is 5.67. The van der Waals surface area contributed by atoms with Crippen molar-refractivity contribution in [1.82, 2.24) is 0 Å². The molecule has 25 heavy (non-hydrogen) atoms. The summed E-state index contributed by atoms with van der Waals surface area (Å²) in [6.07, 6.45) is -0.523. The molecule has 0 bridgehead atoms. The first kappa shape index (κ1) is 16.9. The van der Waals surface area contributed by atoms with Gasteiger partial charge >= 0.3 is 0 Å². The molecular weight excluding hydrogens is 329 g/mol. The van der Waals surface area contributed by atoms with Crippen LogP contribution >= 0.6 is 0 Å². The van der Waals surface area contributed by atoms with E-state index >= 15 is 0 Å². The minimum atomic E-state index is -2.12. The van der Waals surface area contributed by atoms with Crippen molar-refractivity contribution in [3.8, 4) is 11.5 Å². The Morgan fingerprint density at radius 2 is 1.88 bits per heavy atom. The van der Waals surface area contributed by atoms with Crippen molar-refractivity contribution in [3.05, 3.63) is 53.3 Å². The molecule has 3 rings (SSSR count). The van der Waals surface area contributed by atoms with E-state index in [0.717, 1.165) is 6.07 Å². The quantitative estimate of drug-likeness (QED) is 0.812. The lowest BCUT2D eigenvalue weighted by Crippen LogP contribution is -2.36. The standard InChI is InChI=1S/C18H16FNO5/c1-24-15-6-3-10(7-16(15)25-2)14(21)9-18(23)12-8-11(19)4-5-13(12)20-17(18)22/h3-8,23H,9H2,1-2H3,(H,20,22)/t18-/m0/s1. The number of anilines is 1. The van der Waals surface area contributed by atoms with Crippen molar-refractivity contribution in [2.45, 2.75) is 12.0 Å². The molecule has 0 aromatic heterocycles. The van der Waals surface area contributed by atoms with Crippen molar-refractivity contribution in [2.75, 3.05) is 19.5 Å². The number of amides is 1. The monoisotopic (exact) mass is 345 g/mol. The molecule has 1 heterocycles. The van der Waals surface area contributed by atoms with Gasteiger partial charge in [0.15, 0.2) is 22.9 Å². The molecule has 0 saturated carbocycles. The number of aliphatic hydroxyl groups is 1. The lowest BCUT2D eigenvalue weighted by atomic mass is 9.88. The molecule has 130 valence electrons. The average molecular weight is 345 g/mol. The summed E-state index contributed by atoms with van der Waals surface area (Å²) in [7, 11) is 2.90. The zero-order valence-corrected chi connectivity index (χ0v) is 13.6. The topological polar surface area (TPSA) is 84.9 Å². The summed E-state index contributed by atoms with van der Waals surface area (Å²) in [5.74, 6) is -1.06. The molecule has 0 radical (unpaired) electrons. The highest BCUT2D eigenvalue weighted by Gasteiger charge is 2.47. The Hall–Kier alpha value is -2.93. The minimum absolute atomic E-state index is 0.0475. The molecule has 6 nitrogen and oxygen atoms in total. The first-order valence-corrected chi connectivity index (χ1v) is 7.48. The van der Waals surface area contributed by atoms with Crippen LogP contribution in [0.4, 0.5) is 10.1 Å². The van der Waals surface area contributed by atoms with E-state index in [4.69, 9.17) is 9.47 Å². The van der Waals surface area contributed by atoms with Crippen molar-refractivity contribution < 1.29 is 28.6 Å². The number of Topliss-reactive ketones (excluding diaryl/α,β-unsaturated/α-hetero) is 1. The first-order chi connectivity index (χ1) is 11.9. The lowest BCUT2D eigenvalue weighted by molar-refractivity contribution is -0.133. The number of rotatable bonds is 5. The Labute approximate surface area is 143 Å². The third-order valence-corrected chi connectivity index (χ3v) is 4.17. The fraction of sp³-hybridized carbons (Fsp3) is 0.222. The van der Waals surface area contributed by atoms with Crippen LogP contribution < -0.4 is 14.8 Å². The highest BCUT2D eigenvalue weighted by molar-refractivity contribution is 6.09. The van der Waals surface area contributed by atoms with Crippen molar-refractivity contribution in [3.63, 3.8) is 0 Å². The Morgan fingerprint density at radius 3 is 2.56 bits per heavy atom. The van der Waals surface area contributed by atoms with Crippen LogP contribution in [0.5, 0.6) is 11.5 Å². The van der Waals surface area contributed by atoms with E-state index in [0.29, 0.717) is 11.5 Å². The van der Waals surface area contributed by atoms with E-state index in [2.05, 4.69) is 5.32 Å². The van der Waals surface area contributed by atoms with Crippen LogP contribution in [-0.4, -0.2) is 31.0 Å². The van der Waals surface area contributed by atoms with Crippen LogP contribution in [0.25, 0.3) is 0 Å². The van der Waals surface area contributed by atoms with Gasteiger partial charge in [0.25, 0.3) is 5.91 Å². The zero-order chi connectivity index (χ0) is 18.2. The van der Waals surface area contributed by atoms with Gasteiger partial charge in [-0.2, -0.15) is 0 Å². The summed E-state index contributed by atoms with van der Waals surface area (Å²) >= 11 is 0. The number of carbonyl (C=O) groups is 2. The molecule has 2 N–H and O–H groups in total. The molecule has 1 atom stereocenters. The maximum Gasteiger partial charge on any atom is 0.261 e. The summed E-state index contributed by atoms with van der Waals surface area (Å²) in [5, 5.41) is 13.2. The number of ether oxygens (including phenoxy) is 2. The van der Waals surface area contributed by atoms with Crippen LogP contribution in [0.2, 0.25) is 0 Å². The Morgan fingerprint density at radius 1 is 1.16 bits per heavy atom. The molecule has 7 heteroatoms. The van der Waals surface area contributed by atoms with Crippen LogP contribution in [-0.2, 0) is 10.4 Å². The van der Waals surface area contributed by atoms with Crippen LogP contribution in [0.1, 0.15) is 22.3 Å². The summed E-state index contributed by atoms with van der Waals surface area (Å²) in [4.78, 5) is 24.8. The number of hydrogen-bond donors (Lipinski definition) is 2. The highest BCUT2D eigenvalue weighted by atomic mass is 19.1. The van der Waals surface area contributed by atoms with E-state index in [1.807, 2.05) is 0 Å². The smallest absolute Gasteiger partial charge is 0.261 e. The van der Waals surface area contributed by atoms with Gasteiger partial charge in [0, 0.05) is 16.8 Å². The van der Waals surface area contributed by atoms with E-state index in [9.17, 15) is 19.1 Å². The number of nitrogens with one attached hydrogen (secondary N) is 1. The van der Waals surface area contributed by atoms with E-state index < -0.39 is 29.5 Å². The number of halogens is 1. The van der Waals surface area contributed by atoms with E-state index in [1.54, 1.807) is 6.07 Å². The normalized spacial score (nSPS) is 18.5. The van der Waals surface area contributed by atoms with Gasteiger partial charge in [-0.15, -0.1) is 0 Å². The maximum atomic E-state index is 13.5. The minimum Gasteiger partial charge on any atom is -0.493 e. The van der Waals surface area contributed by atoms with Crippen LogP contribution in [0.3, 0.4) is 0 Å². The van der Waals surface area contributed by atoms with Gasteiger partial charge in [-0.1, -0.05) is 0 Å². The molecule has 0 saturated heterocycles. The number of benzene rings is 2. The number of carbonyl (C=O) groups excluding carboxylic acids is 2. The number of methoxy groups -OCH3 is 2. The average Bonchev–Trinajstić information content (AvgIpc) is 2.84. The molecule has 1 aliphatic heterocycles.